The topological polar surface area (TPSA) is 29.1 Å². The molecular weight excluding hydrogens is 174 g/mol. The van der Waals surface area contributed by atoms with Crippen molar-refractivity contribution in [2.24, 2.45) is 0 Å². The summed E-state index contributed by atoms with van der Waals surface area (Å²) in [5.74, 6) is 0.750. The highest BCUT2D eigenvalue weighted by Gasteiger charge is 2.16. The number of amides is 1. The Balaban J connectivity index is 2.08. The highest BCUT2D eigenvalue weighted by molar-refractivity contribution is 6.17. The molecule has 0 saturated heterocycles. The molecule has 0 unspecified atom stereocenters. The van der Waals surface area contributed by atoms with Crippen molar-refractivity contribution in [1.29, 1.82) is 0 Å². The SMILES string of the molecule is O=C(CCCCl)NC1CCCC1. The quantitative estimate of drug-likeness (QED) is 0.674. The Morgan fingerprint density at radius 1 is 1.42 bits per heavy atom. The molecule has 0 atom stereocenters. The van der Waals surface area contributed by atoms with Gasteiger partial charge in [-0.25, -0.2) is 0 Å². The Hall–Kier alpha value is -0.240. The van der Waals surface area contributed by atoms with Crippen molar-refractivity contribution in [1.82, 2.24) is 5.32 Å². The molecule has 70 valence electrons. The Morgan fingerprint density at radius 3 is 2.67 bits per heavy atom. The van der Waals surface area contributed by atoms with Crippen LogP contribution in [-0.2, 0) is 4.79 Å². The van der Waals surface area contributed by atoms with Gasteiger partial charge in [0.1, 0.15) is 0 Å². The van der Waals surface area contributed by atoms with Crippen molar-refractivity contribution in [3.8, 4) is 0 Å². The molecule has 0 spiro atoms. The summed E-state index contributed by atoms with van der Waals surface area (Å²) in [7, 11) is 0. The molecule has 0 aromatic rings. The minimum atomic E-state index is 0.169. The van der Waals surface area contributed by atoms with Crippen molar-refractivity contribution < 1.29 is 4.79 Å². The van der Waals surface area contributed by atoms with Gasteiger partial charge in [0.25, 0.3) is 0 Å². The van der Waals surface area contributed by atoms with Crippen molar-refractivity contribution in [2.75, 3.05) is 5.88 Å². The lowest BCUT2D eigenvalue weighted by Gasteiger charge is -2.10. The average Bonchev–Trinajstić information content (AvgIpc) is 2.53. The summed E-state index contributed by atoms with van der Waals surface area (Å²) in [6.07, 6.45) is 6.22. The molecule has 3 heteroatoms. The first-order chi connectivity index (χ1) is 5.83. The van der Waals surface area contributed by atoms with Crippen molar-refractivity contribution in [3.63, 3.8) is 0 Å². The lowest BCUT2D eigenvalue weighted by Crippen LogP contribution is -2.32. The second-order valence-electron chi connectivity index (χ2n) is 3.34. The third-order valence-electron chi connectivity index (χ3n) is 2.26. The Labute approximate surface area is 78.7 Å². The highest BCUT2D eigenvalue weighted by Crippen LogP contribution is 2.17. The molecule has 0 aliphatic heterocycles. The van der Waals surface area contributed by atoms with Gasteiger partial charge in [0.15, 0.2) is 0 Å². The number of halogens is 1. The van der Waals surface area contributed by atoms with E-state index in [0.717, 1.165) is 19.3 Å². The van der Waals surface area contributed by atoms with Crippen LogP contribution in [0, 0.1) is 0 Å². The zero-order chi connectivity index (χ0) is 8.81. The van der Waals surface area contributed by atoms with Gasteiger partial charge in [-0.1, -0.05) is 12.8 Å². The van der Waals surface area contributed by atoms with Crippen LogP contribution in [0.1, 0.15) is 38.5 Å². The van der Waals surface area contributed by atoms with Gasteiger partial charge in [-0.15, -0.1) is 11.6 Å². The number of rotatable bonds is 4. The summed E-state index contributed by atoms with van der Waals surface area (Å²) in [6, 6.07) is 0.452. The van der Waals surface area contributed by atoms with Gasteiger partial charge in [0.2, 0.25) is 5.91 Å². The molecule has 0 bridgehead atoms. The molecule has 0 heterocycles. The second kappa shape index (κ2) is 5.41. The zero-order valence-electron chi connectivity index (χ0n) is 7.31. The first-order valence-electron chi connectivity index (χ1n) is 4.68. The predicted octanol–water partition coefficient (Wildman–Crippen LogP) is 2.06. The molecule has 1 rings (SSSR count). The molecule has 2 nitrogen and oxygen atoms in total. The van der Waals surface area contributed by atoms with Crippen LogP contribution in [0.4, 0.5) is 0 Å². The molecule has 1 fully saturated rings. The first-order valence-corrected chi connectivity index (χ1v) is 5.21. The maximum atomic E-state index is 11.2. The van der Waals surface area contributed by atoms with Crippen LogP contribution in [0.2, 0.25) is 0 Å². The van der Waals surface area contributed by atoms with E-state index < -0.39 is 0 Å². The molecule has 1 amide bonds. The molecule has 1 aliphatic rings. The molecular formula is C9H16ClNO. The fraction of sp³-hybridized carbons (Fsp3) is 0.889. The van der Waals surface area contributed by atoms with E-state index >= 15 is 0 Å². The summed E-state index contributed by atoms with van der Waals surface area (Å²) >= 11 is 5.48. The van der Waals surface area contributed by atoms with E-state index in [9.17, 15) is 4.79 Å². The Kier molecular flexibility index (Phi) is 4.44. The van der Waals surface area contributed by atoms with Crippen LogP contribution in [-0.4, -0.2) is 17.8 Å². The molecule has 1 aliphatic carbocycles. The molecule has 1 saturated carbocycles. The summed E-state index contributed by atoms with van der Waals surface area (Å²) in [4.78, 5) is 11.2. The van der Waals surface area contributed by atoms with Crippen LogP contribution >= 0.6 is 11.6 Å². The van der Waals surface area contributed by atoms with E-state index in [1.54, 1.807) is 0 Å². The largest absolute Gasteiger partial charge is 0.353 e. The summed E-state index contributed by atoms with van der Waals surface area (Å²) in [6.45, 7) is 0. The van der Waals surface area contributed by atoms with Crippen molar-refractivity contribution in [3.05, 3.63) is 0 Å². The van der Waals surface area contributed by atoms with Gasteiger partial charge in [-0.2, -0.15) is 0 Å². The van der Waals surface area contributed by atoms with Crippen molar-refractivity contribution in [2.45, 2.75) is 44.6 Å². The monoisotopic (exact) mass is 189 g/mol. The lowest BCUT2D eigenvalue weighted by atomic mass is 10.2. The van der Waals surface area contributed by atoms with E-state index in [1.807, 2.05) is 0 Å². The summed E-state index contributed by atoms with van der Waals surface area (Å²) < 4.78 is 0. The number of carbonyl (C=O) groups is 1. The van der Waals surface area contributed by atoms with Gasteiger partial charge in [-0.05, 0) is 19.3 Å². The number of hydrogen-bond acceptors (Lipinski definition) is 1. The van der Waals surface area contributed by atoms with E-state index in [4.69, 9.17) is 11.6 Å². The van der Waals surface area contributed by atoms with Crippen LogP contribution in [0.5, 0.6) is 0 Å². The minimum absolute atomic E-state index is 0.169. The highest BCUT2D eigenvalue weighted by atomic mass is 35.5. The molecule has 0 aromatic carbocycles. The van der Waals surface area contributed by atoms with Gasteiger partial charge in [0.05, 0.1) is 0 Å². The van der Waals surface area contributed by atoms with E-state index in [2.05, 4.69) is 5.32 Å². The number of carbonyl (C=O) groups excluding carboxylic acids is 1. The maximum absolute atomic E-state index is 11.2. The van der Waals surface area contributed by atoms with Crippen molar-refractivity contribution >= 4 is 17.5 Å². The third kappa shape index (κ3) is 3.44. The van der Waals surface area contributed by atoms with E-state index in [1.165, 1.54) is 12.8 Å². The van der Waals surface area contributed by atoms with Gasteiger partial charge in [-0.3, -0.25) is 4.79 Å². The fourth-order valence-electron chi connectivity index (χ4n) is 1.60. The Bertz CT molecular complexity index is 143. The summed E-state index contributed by atoms with van der Waals surface area (Å²) in [5, 5.41) is 3.02. The predicted molar refractivity (Wildman–Crippen MR) is 50.4 cm³/mol. The molecule has 0 radical (unpaired) electrons. The lowest BCUT2D eigenvalue weighted by molar-refractivity contribution is -0.121. The number of hydrogen-bond donors (Lipinski definition) is 1. The fourth-order valence-corrected chi connectivity index (χ4v) is 1.73. The molecule has 0 aromatic heterocycles. The standard InChI is InChI=1S/C9H16ClNO/c10-7-3-6-9(12)11-8-4-1-2-5-8/h8H,1-7H2,(H,11,12). The number of alkyl halides is 1. The Morgan fingerprint density at radius 2 is 2.08 bits per heavy atom. The first kappa shape index (κ1) is 9.85. The van der Waals surface area contributed by atoms with Crippen LogP contribution < -0.4 is 5.32 Å². The van der Waals surface area contributed by atoms with Crippen LogP contribution in [0.15, 0.2) is 0 Å². The smallest absolute Gasteiger partial charge is 0.220 e. The minimum Gasteiger partial charge on any atom is -0.353 e. The van der Waals surface area contributed by atoms with Crippen LogP contribution in [0.3, 0.4) is 0 Å². The van der Waals surface area contributed by atoms with E-state index in [-0.39, 0.29) is 5.91 Å². The van der Waals surface area contributed by atoms with Gasteiger partial charge >= 0.3 is 0 Å². The van der Waals surface area contributed by atoms with E-state index in [0.29, 0.717) is 18.3 Å². The third-order valence-corrected chi connectivity index (χ3v) is 2.53. The maximum Gasteiger partial charge on any atom is 0.220 e. The second-order valence-corrected chi connectivity index (χ2v) is 3.72. The molecule has 1 N–H and O–H groups in total. The normalized spacial score (nSPS) is 18.1. The molecule has 12 heavy (non-hydrogen) atoms. The van der Waals surface area contributed by atoms with Crippen LogP contribution in [0.25, 0.3) is 0 Å². The van der Waals surface area contributed by atoms with Gasteiger partial charge in [0, 0.05) is 18.3 Å². The average molecular weight is 190 g/mol. The zero-order valence-corrected chi connectivity index (χ0v) is 8.07. The number of nitrogens with one attached hydrogen (secondary N) is 1. The summed E-state index contributed by atoms with van der Waals surface area (Å²) in [5.41, 5.74) is 0. The van der Waals surface area contributed by atoms with Gasteiger partial charge < -0.3 is 5.32 Å².